The van der Waals surface area contributed by atoms with E-state index in [1.54, 1.807) is 0 Å². The van der Waals surface area contributed by atoms with Gasteiger partial charge in [0.15, 0.2) is 0 Å². The Morgan fingerprint density at radius 3 is 0.714 bits per heavy atom. The van der Waals surface area contributed by atoms with Gasteiger partial charge in [0.25, 0.3) is 0 Å². The molecule has 0 aromatic heterocycles. The summed E-state index contributed by atoms with van der Waals surface area (Å²) in [5, 5.41) is 0. The molecule has 0 aromatic carbocycles. The van der Waals surface area contributed by atoms with Crippen molar-refractivity contribution in [2.75, 3.05) is 0 Å². The van der Waals surface area contributed by atoms with Gasteiger partial charge in [0.05, 0.1) is 0 Å². The zero-order chi connectivity index (χ0) is 16.3. The predicted molar refractivity (Wildman–Crippen MR) is 94.1 cm³/mol. The summed E-state index contributed by atoms with van der Waals surface area (Å²) in [7, 11) is 0. The Morgan fingerprint density at radius 1 is 0.333 bits per heavy atom. The van der Waals surface area contributed by atoms with Gasteiger partial charge in [0, 0.05) is 0 Å². The van der Waals surface area contributed by atoms with E-state index in [1.807, 2.05) is 0 Å². The molecular formula is C21H40. The highest BCUT2D eigenvalue weighted by Crippen LogP contribution is 2.66. The Bertz CT molecular complexity index is 299. The van der Waals surface area contributed by atoms with Crippen molar-refractivity contribution in [2.24, 2.45) is 64.6 Å². The molecule has 1 spiro atoms. The van der Waals surface area contributed by atoms with Crippen LogP contribution in [-0.4, -0.2) is 0 Å². The molecule has 124 valence electrons. The van der Waals surface area contributed by atoms with Gasteiger partial charge >= 0.3 is 0 Å². The molecule has 0 radical (unpaired) electrons. The van der Waals surface area contributed by atoms with Crippen molar-refractivity contribution >= 4 is 0 Å². The highest BCUT2D eigenvalue weighted by Gasteiger charge is 2.61. The molecule has 2 aliphatic rings. The third-order valence-electron chi connectivity index (χ3n) is 9.63. The maximum atomic E-state index is 2.59. The standard InChI is InChI=1S/C21H40/c1-11-13(3)17(7)21(18(8)14(11)4)19(9)15(5)12(2)16(6)20(21)10/h11-20H,1-10H3. The second kappa shape index (κ2) is 5.57. The predicted octanol–water partition coefficient (Wildman–Crippen LogP) is 6.36. The quantitative estimate of drug-likeness (QED) is 0.487. The van der Waals surface area contributed by atoms with Gasteiger partial charge in [-0.15, -0.1) is 0 Å². The Balaban J connectivity index is 2.55. The van der Waals surface area contributed by atoms with Gasteiger partial charge in [-0.2, -0.15) is 0 Å². The number of rotatable bonds is 0. The molecule has 8 atom stereocenters. The molecule has 0 saturated heterocycles. The zero-order valence-corrected chi connectivity index (χ0v) is 16.3. The summed E-state index contributed by atoms with van der Waals surface area (Å²) in [6.45, 7) is 25.5. The summed E-state index contributed by atoms with van der Waals surface area (Å²) in [6, 6.07) is 0. The minimum Gasteiger partial charge on any atom is -0.0620 e. The van der Waals surface area contributed by atoms with Crippen molar-refractivity contribution in [1.29, 1.82) is 0 Å². The summed E-state index contributed by atoms with van der Waals surface area (Å²) in [5.41, 5.74) is 0.538. The van der Waals surface area contributed by atoms with Crippen molar-refractivity contribution in [3.63, 3.8) is 0 Å². The fourth-order valence-corrected chi connectivity index (χ4v) is 7.09. The van der Waals surface area contributed by atoms with Crippen molar-refractivity contribution in [3.8, 4) is 0 Å². The SMILES string of the molecule is CC1C(C)C(C)C2(C(C)C1C)C(C)C(C)C(C)C(C)C2C. The lowest BCUT2D eigenvalue weighted by molar-refractivity contribution is -0.191. The molecule has 8 unspecified atom stereocenters. The van der Waals surface area contributed by atoms with Crippen LogP contribution < -0.4 is 0 Å². The van der Waals surface area contributed by atoms with Crippen LogP contribution in [0.5, 0.6) is 0 Å². The van der Waals surface area contributed by atoms with E-state index in [0.717, 1.165) is 59.2 Å². The van der Waals surface area contributed by atoms with Gasteiger partial charge in [0.1, 0.15) is 0 Å². The topological polar surface area (TPSA) is 0 Å². The lowest BCUT2D eigenvalue weighted by Gasteiger charge is -2.67. The Kier molecular flexibility index (Phi) is 4.60. The minimum atomic E-state index is 0.538. The Morgan fingerprint density at radius 2 is 0.524 bits per heavy atom. The second-order valence-corrected chi connectivity index (χ2v) is 9.31. The van der Waals surface area contributed by atoms with Gasteiger partial charge in [-0.05, 0) is 64.6 Å². The van der Waals surface area contributed by atoms with Crippen LogP contribution in [0.2, 0.25) is 0 Å². The molecule has 2 fully saturated rings. The second-order valence-electron chi connectivity index (χ2n) is 9.31. The molecule has 21 heavy (non-hydrogen) atoms. The van der Waals surface area contributed by atoms with Crippen LogP contribution in [0.15, 0.2) is 0 Å². The average molecular weight is 293 g/mol. The number of hydrogen-bond donors (Lipinski definition) is 0. The van der Waals surface area contributed by atoms with Crippen LogP contribution in [0, 0.1) is 64.6 Å². The molecule has 0 bridgehead atoms. The van der Waals surface area contributed by atoms with E-state index in [4.69, 9.17) is 0 Å². The van der Waals surface area contributed by atoms with Crippen molar-refractivity contribution in [2.45, 2.75) is 69.2 Å². The van der Waals surface area contributed by atoms with Crippen molar-refractivity contribution in [3.05, 3.63) is 0 Å². The Labute approximate surface area is 134 Å². The van der Waals surface area contributed by atoms with E-state index in [-0.39, 0.29) is 0 Å². The van der Waals surface area contributed by atoms with Gasteiger partial charge < -0.3 is 0 Å². The molecule has 2 rings (SSSR count). The maximum absolute atomic E-state index is 2.59. The first-order valence-electron chi connectivity index (χ1n) is 9.59. The fourth-order valence-electron chi connectivity index (χ4n) is 7.09. The summed E-state index contributed by atoms with van der Waals surface area (Å²) >= 11 is 0. The van der Waals surface area contributed by atoms with E-state index in [2.05, 4.69) is 69.2 Å². The van der Waals surface area contributed by atoms with Crippen LogP contribution in [0.4, 0.5) is 0 Å². The molecular weight excluding hydrogens is 252 g/mol. The van der Waals surface area contributed by atoms with Crippen molar-refractivity contribution < 1.29 is 0 Å². The Hall–Kier alpha value is 0. The molecule has 0 N–H and O–H groups in total. The summed E-state index contributed by atoms with van der Waals surface area (Å²) in [5.74, 6) is 8.55. The summed E-state index contributed by atoms with van der Waals surface area (Å²) in [4.78, 5) is 0. The first-order chi connectivity index (χ1) is 9.59. The van der Waals surface area contributed by atoms with Crippen molar-refractivity contribution in [1.82, 2.24) is 0 Å². The smallest absolute Gasteiger partial charge is 0.0184 e. The third-order valence-corrected chi connectivity index (χ3v) is 9.63. The molecule has 2 saturated carbocycles. The first-order valence-corrected chi connectivity index (χ1v) is 9.59. The van der Waals surface area contributed by atoms with Gasteiger partial charge in [-0.3, -0.25) is 0 Å². The van der Waals surface area contributed by atoms with Crippen LogP contribution in [0.25, 0.3) is 0 Å². The van der Waals surface area contributed by atoms with Gasteiger partial charge in [0.2, 0.25) is 0 Å². The monoisotopic (exact) mass is 292 g/mol. The molecule has 0 nitrogen and oxygen atoms in total. The third kappa shape index (κ3) is 2.07. The van der Waals surface area contributed by atoms with E-state index in [1.165, 1.54) is 0 Å². The number of hydrogen-bond acceptors (Lipinski definition) is 0. The molecule has 0 aromatic rings. The van der Waals surface area contributed by atoms with Crippen LogP contribution in [0.3, 0.4) is 0 Å². The highest BCUT2D eigenvalue weighted by molar-refractivity contribution is 5.08. The summed E-state index contributed by atoms with van der Waals surface area (Å²) < 4.78 is 0. The molecule has 2 aliphatic carbocycles. The highest BCUT2D eigenvalue weighted by atomic mass is 14.7. The zero-order valence-electron chi connectivity index (χ0n) is 16.3. The molecule has 0 amide bonds. The van der Waals surface area contributed by atoms with E-state index >= 15 is 0 Å². The van der Waals surface area contributed by atoms with Gasteiger partial charge in [-0.25, -0.2) is 0 Å². The van der Waals surface area contributed by atoms with Gasteiger partial charge in [-0.1, -0.05) is 69.2 Å². The molecule has 0 heterocycles. The fraction of sp³-hybridized carbons (Fsp3) is 1.00. The van der Waals surface area contributed by atoms with E-state index < -0.39 is 0 Å². The van der Waals surface area contributed by atoms with E-state index in [9.17, 15) is 0 Å². The summed E-state index contributed by atoms with van der Waals surface area (Å²) in [6.07, 6.45) is 0. The minimum absolute atomic E-state index is 0.538. The maximum Gasteiger partial charge on any atom is -0.0184 e. The van der Waals surface area contributed by atoms with E-state index in [0.29, 0.717) is 5.41 Å². The molecule has 0 aliphatic heterocycles. The molecule has 0 heteroatoms. The normalized spacial score (nSPS) is 62.0. The largest absolute Gasteiger partial charge is 0.0620 e. The first kappa shape index (κ1) is 17.4. The average Bonchev–Trinajstić information content (AvgIpc) is 2.47. The lowest BCUT2D eigenvalue weighted by atomic mass is 9.38. The van der Waals surface area contributed by atoms with Crippen LogP contribution in [0.1, 0.15) is 69.2 Å². The lowest BCUT2D eigenvalue weighted by Crippen LogP contribution is -2.62. The van der Waals surface area contributed by atoms with Crippen LogP contribution >= 0.6 is 0 Å². The van der Waals surface area contributed by atoms with Crippen LogP contribution in [-0.2, 0) is 0 Å².